The molecule has 2 unspecified atom stereocenters. The molecular weight excluding hydrogens is 230 g/mol. The minimum Gasteiger partial charge on any atom is -0.360 e. The molecule has 2 rings (SSSR count). The highest BCUT2D eigenvalue weighted by molar-refractivity contribution is 5.83. The maximum Gasteiger partial charge on any atom is 0.230 e. The summed E-state index contributed by atoms with van der Waals surface area (Å²) in [6.45, 7) is 5.31. The van der Waals surface area contributed by atoms with Gasteiger partial charge in [0.15, 0.2) is 6.10 Å². The fourth-order valence-electron chi connectivity index (χ4n) is 2.97. The molecule has 0 spiro atoms. The number of nitriles is 1. The molecule has 18 heavy (non-hydrogen) atoms. The number of hydrogen-bond acceptors (Lipinski definition) is 4. The van der Waals surface area contributed by atoms with E-state index in [-0.39, 0.29) is 11.3 Å². The van der Waals surface area contributed by atoms with Crippen molar-refractivity contribution in [1.29, 1.82) is 5.26 Å². The number of carbonyl (C=O) groups excluding carboxylic acids is 1. The van der Waals surface area contributed by atoms with Crippen LogP contribution in [0.5, 0.6) is 0 Å². The number of nitrogens with one attached hydrogen (secondary N) is 1. The van der Waals surface area contributed by atoms with Crippen LogP contribution in [0.25, 0.3) is 0 Å². The van der Waals surface area contributed by atoms with E-state index in [9.17, 15) is 4.79 Å². The third-order valence-corrected chi connectivity index (χ3v) is 3.92. The molecule has 2 heterocycles. The lowest BCUT2D eigenvalue weighted by atomic mass is 9.81. The molecule has 2 fully saturated rings. The molecule has 5 nitrogen and oxygen atoms in total. The van der Waals surface area contributed by atoms with Crippen LogP contribution in [0, 0.1) is 16.7 Å². The Hall–Kier alpha value is -1.12. The van der Waals surface area contributed by atoms with Crippen LogP contribution in [-0.2, 0) is 9.53 Å². The molecule has 0 aromatic carbocycles. The number of ether oxygens (including phenoxy) is 1. The molecule has 0 radical (unpaired) electrons. The monoisotopic (exact) mass is 251 g/mol. The van der Waals surface area contributed by atoms with Gasteiger partial charge in [-0.25, -0.2) is 0 Å². The normalized spacial score (nSPS) is 32.2. The molecule has 2 atom stereocenters. The molecule has 2 aliphatic rings. The predicted molar refractivity (Wildman–Crippen MR) is 66.8 cm³/mol. The van der Waals surface area contributed by atoms with Gasteiger partial charge >= 0.3 is 0 Å². The van der Waals surface area contributed by atoms with E-state index < -0.39 is 6.10 Å². The second kappa shape index (κ2) is 5.68. The van der Waals surface area contributed by atoms with E-state index in [1.165, 1.54) is 0 Å². The first-order valence-electron chi connectivity index (χ1n) is 6.73. The zero-order valence-corrected chi connectivity index (χ0v) is 10.9. The number of nitrogens with zero attached hydrogens (tertiary/aromatic N) is 2. The van der Waals surface area contributed by atoms with Gasteiger partial charge in [0.2, 0.25) is 5.91 Å². The molecule has 100 valence electrons. The molecule has 0 aromatic heterocycles. The quantitative estimate of drug-likeness (QED) is 0.794. The first-order chi connectivity index (χ1) is 8.72. The summed E-state index contributed by atoms with van der Waals surface area (Å²) in [5.74, 6) is 0.206. The van der Waals surface area contributed by atoms with Gasteiger partial charge in [0.05, 0.1) is 24.6 Å². The van der Waals surface area contributed by atoms with Crippen LogP contribution >= 0.6 is 0 Å². The lowest BCUT2D eigenvalue weighted by Gasteiger charge is -2.37. The maximum absolute atomic E-state index is 12.7. The van der Waals surface area contributed by atoms with E-state index >= 15 is 0 Å². The Bertz CT molecular complexity index is 345. The Morgan fingerprint density at radius 2 is 2.50 bits per heavy atom. The molecule has 0 bridgehead atoms. The Balaban J connectivity index is 2.06. The van der Waals surface area contributed by atoms with Gasteiger partial charge in [0, 0.05) is 13.1 Å². The molecular formula is C13H21N3O2. The van der Waals surface area contributed by atoms with Crippen LogP contribution in [0.2, 0.25) is 0 Å². The number of amides is 1. The van der Waals surface area contributed by atoms with Gasteiger partial charge in [-0.05, 0) is 19.4 Å². The summed E-state index contributed by atoms with van der Waals surface area (Å²) in [6, 6.07) is 2.09. The van der Waals surface area contributed by atoms with Crippen LogP contribution in [0.4, 0.5) is 0 Å². The van der Waals surface area contributed by atoms with Crippen molar-refractivity contribution in [2.75, 3.05) is 32.8 Å². The highest BCUT2D eigenvalue weighted by atomic mass is 16.5. The van der Waals surface area contributed by atoms with Crippen molar-refractivity contribution in [3.63, 3.8) is 0 Å². The van der Waals surface area contributed by atoms with Gasteiger partial charge in [0.25, 0.3) is 0 Å². The summed E-state index contributed by atoms with van der Waals surface area (Å²) in [6.07, 6.45) is 2.39. The molecule has 1 N–H and O–H groups in total. The van der Waals surface area contributed by atoms with Gasteiger partial charge in [-0.15, -0.1) is 0 Å². The summed E-state index contributed by atoms with van der Waals surface area (Å²) in [7, 11) is 0. The third kappa shape index (κ3) is 2.50. The summed E-state index contributed by atoms with van der Waals surface area (Å²) >= 11 is 0. The highest BCUT2D eigenvalue weighted by Gasteiger charge is 2.43. The van der Waals surface area contributed by atoms with Gasteiger partial charge in [-0.3, -0.25) is 4.79 Å². The standard InChI is InChI=1S/C13H21N3O2/c1-2-3-13(4-5-15-10-13)12(17)16-6-7-18-11(8-14)9-16/h11,15H,2-7,9-10H2,1H3. The summed E-state index contributed by atoms with van der Waals surface area (Å²) in [5.41, 5.74) is -0.244. The second-order valence-corrected chi connectivity index (χ2v) is 5.20. The van der Waals surface area contributed by atoms with Crippen LogP contribution in [-0.4, -0.2) is 49.7 Å². The van der Waals surface area contributed by atoms with E-state index in [2.05, 4.69) is 18.3 Å². The lowest BCUT2D eigenvalue weighted by molar-refractivity contribution is -0.147. The van der Waals surface area contributed by atoms with Gasteiger partial charge in [-0.2, -0.15) is 5.26 Å². The SMILES string of the molecule is CCCC1(C(=O)N2CCOC(C#N)C2)CCNC1. The fourth-order valence-corrected chi connectivity index (χ4v) is 2.97. The zero-order valence-electron chi connectivity index (χ0n) is 10.9. The average Bonchev–Trinajstić information content (AvgIpc) is 2.88. The van der Waals surface area contributed by atoms with Gasteiger partial charge < -0.3 is 15.0 Å². The minimum atomic E-state index is -0.462. The van der Waals surface area contributed by atoms with Crippen LogP contribution in [0.1, 0.15) is 26.2 Å². The van der Waals surface area contributed by atoms with E-state index in [4.69, 9.17) is 10.00 Å². The molecule has 1 amide bonds. The summed E-state index contributed by atoms with van der Waals surface area (Å²) in [5, 5.41) is 12.2. The van der Waals surface area contributed by atoms with Crippen molar-refractivity contribution in [1.82, 2.24) is 10.2 Å². The van der Waals surface area contributed by atoms with Crippen molar-refractivity contribution in [2.45, 2.75) is 32.3 Å². The lowest BCUT2D eigenvalue weighted by Crippen LogP contribution is -2.52. The Labute approximate surface area is 108 Å². The van der Waals surface area contributed by atoms with Crippen molar-refractivity contribution in [2.24, 2.45) is 5.41 Å². The Morgan fingerprint density at radius 3 is 3.11 bits per heavy atom. The predicted octanol–water partition coefficient (Wildman–Crippen LogP) is 0.517. The second-order valence-electron chi connectivity index (χ2n) is 5.20. The third-order valence-electron chi connectivity index (χ3n) is 3.92. The molecule has 2 aliphatic heterocycles. The van der Waals surface area contributed by atoms with E-state index in [1.54, 1.807) is 0 Å². The first-order valence-corrected chi connectivity index (χ1v) is 6.73. The first kappa shape index (κ1) is 13.3. The number of hydrogen-bond donors (Lipinski definition) is 1. The number of rotatable bonds is 3. The van der Waals surface area contributed by atoms with E-state index in [0.29, 0.717) is 19.7 Å². The van der Waals surface area contributed by atoms with Crippen LogP contribution in [0.15, 0.2) is 0 Å². The largest absolute Gasteiger partial charge is 0.360 e. The van der Waals surface area contributed by atoms with Crippen LogP contribution < -0.4 is 5.32 Å². The zero-order chi connectivity index (χ0) is 13.0. The van der Waals surface area contributed by atoms with Crippen molar-refractivity contribution < 1.29 is 9.53 Å². The van der Waals surface area contributed by atoms with Crippen LogP contribution in [0.3, 0.4) is 0 Å². The molecule has 0 aliphatic carbocycles. The molecule has 5 heteroatoms. The molecule has 0 aromatic rings. The topological polar surface area (TPSA) is 65.4 Å². The molecule has 0 saturated carbocycles. The summed E-state index contributed by atoms with van der Waals surface area (Å²) in [4.78, 5) is 14.5. The minimum absolute atomic E-state index is 0.206. The van der Waals surface area contributed by atoms with Crippen molar-refractivity contribution in [3.8, 4) is 6.07 Å². The number of morpholine rings is 1. The van der Waals surface area contributed by atoms with E-state index in [0.717, 1.165) is 32.4 Å². The maximum atomic E-state index is 12.7. The van der Waals surface area contributed by atoms with E-state index in [1.807, 2.05) is 4.90 Å². The van der Waals surface area contributed by atoms with Gasteiger partial charge in [-0.1, -0.05) is 13.3 Å². The highest BCUT2D eigenvalue weighted by Crippen LogP contribution is 2.33. The Kier molecular flexibility index (Phi) is 4.20. The number of carbonyl (C=O) groups is 1. The van der Waals surface area contributed by atoms with Crippen molar-refractivity contribution >= 4 is 5.91 Å². The summed E-state index contributed by atoms with van der Waals surface area (Å²) < 4.78 is 5.29. The molecule has 2 saturated heterocycles. The van der Waals surface area contributed by atoms with Crippen molar-refractivity contribution in [3.05, 3.63) is 0 Å². The fraction of sp³-hybridized carbons (Fsp3) is 0.846. The smallest absolute Gasteiger partial charge is 0.230 e. The average molecular weight is 251 g/mol. The Morgan fingerprint density at radius 1 is 1.67 bits per heavy atom. The van der Waals surface area contributed by atoms with Gasteiger partial charge in [0.1, 0.15) is 0 Å².